The van der Waals surface area contributed by atoms with Crippen LogP contribution in [-0.4, -0.2) is 4.98 Å². The first-order valence-electron chi connectivity index (χ1n) is 11.7. The fourth-order valence-corrected chi connectivity index (χ4v) is 4.99. The molecule has 0 saturated carbocycles. The van der Waals surface area contributed by atoms with Crippen molar-refractivity contribution in [2.45, 2.75) is 40.0 Å². The molecule has 3 aromatic heterocycles. The highest BCUT2D eigenvalue weighted by atomic mass is 16.3. The van der Waals surface area contributed by atoms with Crippen LogP contribution in [0.2, 0.25) is 0 Å². The van der Waals surface area contributed by atoms with Crippen molar-refractivity contribution in [3.63, 3.8) is 0 Å². The van der Waals surface area contributed by atoms with Crippen LogP contribution in [0.3, 0.4) is 0 Å². The monoisotopic (exact) mass is 445 g/mol. The highest BCUT2D eigenvalue weighted by Gasteiger charge is 2.22. The summed E-state index contributed by atoms with van der Waals surface area (Å²) in [4.78, 5) is 4.80. The van der Waals surface area contributed by atoms with E-state index in [0.717, 1.165) is 55.6 Å². The number of furan rings is 2. The molecule has 0 unspecified atom stereocenters. The summed E-state index contributed by atoms with van der Waals surface area (Å²) in [6, 6.07) is 21.4. The Hall–Kier alpha value is -3.85. The van der Waals surface area contributed by atoms with Crippen molar-refractivity contribution in [2.75, 3.05) is 0 Å². The zero-order valence-corrected chi connectivity index (χ0v) is 20.2. The van der Waals surface area contributed by atoms with E-state index in [9.17, 15) is 0 Å². The molecule has 3 nitrogen and oxygen atoms in total. The molecular formula is C31H27NO2. The normalized spacial score (nSPS) is 12.3. The lowest BCUT2D eigenvalue weighted by Gasteiger charge is -2.22. The molecule has 0 aliphatic rings. The Morgan fingerprint density at radius 1 is 0.794 bits per heavy atom. The molecule has 0 fully saturated rings. The van der Waals surface area contributed by atoms with E-state index >= 15 is 0 Å². The van der Waals surface area contributed by atoms with E-state index in [1.807, 2.05) is 12.3 Å². The number of fused-ring (bicyclic) bond motifs is 3. The van der Waals surface area contributed by atoms with Gasteiger partial charge in [0.05, 0.1) is 6.26 Å². The standard InChI is InChI=1S/C31H27NO2/c1-18-17-33-27-11-10-21(15-25(18)27)29-19(2)23-12-13-32-28(30(23)34-29)22-14-20-8-6-7-9-24(20)26(16-22)31(3,4)5/h6-17H,1-5H3. The average Bonchev–Trinajstić information content (AvgIpc) is 3.37. The Bertz CT molecular complexity index is 1710. The number of benzene rings is 3. The van der Waals surface area contributed by atoms with Gasteiger partial charge in [-0.2, -0.15) is 0 Å². The third kappa shape index (κ3) is 3.15. The van der Waals surface area contributed by atoms with Crippen molar-refractivity contribution < 1.29 is 8.83 Å². The van der Waals surface area contributed by atoms with Gasteiger partial charge in [-0.3, -0.25) is 4.98 Å². The van der Waals surface area contributed by atoms with Gasteiger partial charge in [0.25, 0.3) is 0 Å². The fraction of sp³-hybridized carbons (Fsp3) is 0.194. The van der Waals surface area contributed by atoms with Crippen LogP contribution in [0.5, 0.6) is 0 Å². The minimum atomic E-state index is 0.00557. The van der Waals surface area contributed by atoms with Crippen molar-refractivity contribution in [3.05, 3.63) is 89.8 Å². The molecule has 0 amide bonds. The van der Waals surface area contributed by atoms with Crippen molar-refractivity contribution in [3.8, 4) is 22.6 Å². The molecule has 6 aromatic rings. The van der Waals surface area contributed by atoms with Crippen LogP contribution in [0, 0.1) is 13.8 Å². The van der Waals surface area contributed by atoms with Crippen molar-refractivity contribution in [1.29, 1.82) is 0 Å². The van der Waals surface area contributed by atoms with Gasteiger partial charge in [0.2, 0.25) is 0 Å². The Morgan fingerprint density at radius 2 is 1.62 bits per heavy atom. The summed E-state index contributed by atoms with van der Waals surface area (Å²) in [5.41, 5.74) is 8.28. The smallest absolute Gasteiger partial charge is 0.161 e. The SMILES string of the molecule is Cc1coc2ccc(-c3oc4c(-c5cc(C(C)(C)C)c6ccccc6c5)nccc4c3C)cc12. The number of rotatable bonds is 2. The zero-order chi connectivity index (χ0) is 23.6. The van der Waals surface area contributed by atoms with Crippen LogP contribution in [0.4, 0.5) is 0 Å². The van der Waals surface area contributed by atoms with E-state index in [-0.39, 0.29) is 5.41 Å². The first kappa shape index (κ1) is 20.7. The largest absolute Gasteiger partial charge is 0.464 e. The molecule has 0 radical (unpaired) electrons. The lowest BCUT2D eigenvalue weighted by atomic mass is 9.82. The van der Waals surface area contributed by atoms with Gasteiger partial charge >= 0.3 is 0 Å². The number of aromatic nitrogens is 1. The number of hydrogen-bond donors (Lipinski definition) is 0. The molecule has 0 N–H and O–H groups in total. The molecule has 6 rings (SSSR count). The molecule has 168 valence electrons. The molecule has 3 heteroatoms. The van der Waals surface area contributed by atoms with Crippen LogP contribution < -0.4 is 0 Å². The molecule has 0 saturated heterocycles. The van der Waals surface area contributed by atoms with Gasteiger partial charge in [-0.1, -0.05) is 45.0 Å². The van der Waals surface area contributed by atoms with Crippen LogP contribution >= 0.6 is 0 Å². The molecule has 0 aliphatic carbocycles. The summed E-state index contributed by atoms with van der Waals surface area (Å²) in [5.74, 6) is 0.878. The minimum absolute atomic E-state index is 0.00557. The van der Waals surface area contributed by atoms with Gasteiger partial charge in [0, 0.05) is 33.7 Å². The van der Waals surface area contributed by atoms with E-state index in [1.54, 1.807) is 6.26 Å². The lowest BCUT2D eigenvalue weighted by molar-refractivity contribution is 0.596. The highest BCUT2D eigenvalue weighted by Crippen LogP contribution is 2.40. The fourth-order valence-electron chi connectivity index (χ4n) is 4.99. The summed E-state index contributed by atoms with van der Waals surface area (Å²) in [5, 5.41) is 4.70. The second kappa shape index (κ2) is 7.33. The number of pyridine rings is 1. The Labute approximate surface area is 199 Å². The summed E-state index contributed by atoms with van der Waals surface area (Å²) < 4.78 is 12.2. The van der Waals surface area contributed by atoms with Crippen molar-refractivity contribution in [2.24, 2.45) is 0 Å². The first-order chi connectivity index (χ1) is 16.3. The molecule has 0 aliphatic heterocycles. The summed E-state index contributed by atoms with van der Waals surface area (Å²) in [6.07, 6.45) is 3.69. The van der Waals surface area contributed by atoms with Gasteiger partial charge in [-0.15, -0.1) is 0 Å². The predicted molar refractivity (Wildman–Crippen MR) is 140 cm³/mol. The van der Waals surface area contributed by atoms with Crippen molar-refractivity contribution in [1.82, 2.24) is 4.98 Å². The molecule has 3 aromatic carbocycles. The van der Waals surface area contributed by atoms with Crippen LogP contribution in [-0.2, 0) is 5.41 Å². The van der Waals surface area contributed by atoms with E-state index in [4.69, 9.17) is 13.8 Å². The van der Waals surface area contributed by atoms with Gasteiger partial charge in [-0.05, 0) is 77.6 Å². The van der Waals surface area contributed by atoms with Crippen LogP contribution in [0.15, 0.2) is 82.0 Å². The van der Waals surface area contributed by atoms with E-state index in [2.05, 4.69) is 89.2 Å². The zero-order valence-electron chi connectivity index (χ0n) is 20.2. The Kier molecular flexibility index (Phi) is 4.47. The van der Waals surface area contributed by atoms with E-state index in [0.29, 0.717) is 0 Å². The van der Waals surface area contributed by atoms with Crippen LogP contribution in [0.25, 0.3) is 55.3 Å². The van der Waals surface area contributed by atoms with Gasteiger partial charge in [-0.25, -0.2) is 0 Å². The first-order valence-corrected chi connectivity index (χ1v) is 11.7. The van der Waals surface area contributed by atoms with Crippen molar-refractivity contribution >= 4 is 32.7 Å². The second-order valence-electron chi connectivity index (χ2n) is 10.2. The van der Waals surface area contributed by atoms with Gasteiger partial charge < -0.3 is 8.83 Å². The molecule has 3 heterocycles. The maximum absolute atomic E-state index is 6.58. The molecule has 0 bridgehead atoms. The van der Waals surface area contributed by atoms with E-state index in [1.165, 1.54) is 16.3 Å². The quantitative estimate of drug-likeness (QED) is 0.267. The molecular weight excluding hydrogens is 418 g/mol. The minimum Gasteiger partial charge on any atom is -0.464 e. The maximum Gasteiger partial charge on any atom is 0.161 e. The number of hydrogen-bond acceptors (Lipinski definition) is 3. The third-order valence-electron chi connectivity index (χ3n) is 6.83. The van der Waals surface area contributed by atoms with E-state index < -0.39 is 0 Å². The highest BCUT2D eigenvalue weighted by molar-refractivity contribution is 5.99. The molecule has 0 atom stereocenters. The Balaban J connectivity index is 1.59. The topological polar surface area (TPSA) is 39.2 Å². The average molecular weight is 446 g/mol. The summed E-state index contributed by atoms with van der Waals surface area (Å²) in [6.45, 7) is 11.0. The maximum atomic E-state index is 6.58. The molecule has 0 spiro atoms. The second-order valence-corrected chi connectivity index (χ2v) is 10.2. The Morgan fingerprint density at radius 3 is 2.44 bits per heavy atom. The summed E-state index contributed by atoms with van der Waals surface area (Å²) in [7, 11) is 0. The number of nitrogens with zero attached hydrogens (tertiary/aromatic N) is 1. The van der Waals surface area contributed by atoms with Gasteiger partial charge in [0.1, 0.15) is 17.0 Å². The van der Waals surface area contributed by atoms with Gasteiger partial charge in [0.15, 0.2) is 5.58 Å². The lowest BCUT2D eigenvalue weighted by Crippen LogP contribution is -2.12. The third-order valence-corrected chi connectivity index (χ3v) is 6.83. The number of aryl methyl sites for hydroxylation is 2. The van der Waals surface area contributed by atoms with Crippen LogP contribution in [0.1, 0.15) is 37.5 Å². The molecule has 34 heavy (non-hydrogen) atoms. The summed E-state index contributed by atoms with van der Waals surface area (Å²) >= 11 is 0. The predicted octanol–water partition coefficient (Wildman–Crippen LogP) is 8.98.